The zero-order valence-corrected chi connectivity index (χ0v) is 19.8. The summed E-state index contributed by atoms with van der Waals surface area (Å²) in [5.74, 6) is 0.116. The SMILES string of the molecule is COc1ccc([C@@H]2C(=C(O)c3ccc4c(c3)OCCO4)C(=O)C(=O)N2Cc2cccnc2)cc1OC. The van der Waals surface area contributed by atoms with Gasteiger partial charge in [0.25, 0.3) is 11.7 Å². The summed E-state index contributed by atoms with van der Waals surface area (Å²) in [7, 11) is 3.03. The summed E-state index contributed by atoms with van der Waals surface area (Å²) in [4.78, 5) is 32.1. The lowest BCUT2D eigenvalue weighted by Crippen LogP contribution is -2.29. The van der Waals surface area contributed by atoms with E-state index in [4.69, 9.17) is 18.9 Å². The van der Waals surface area contributed by atoms with Gasteiger partial charge < -0.3 is 29.0 Å². The van der Waals surface area contributed by atoms with Gasteiger partial charge >= 0.3 is 0 Å². The first-order valence-electron chi connectivity index (χ1n) is 11.3. The minimum absolute atomic E-state index is 0.0345. The van der Waals surface area contributed by atoms with Gasteiger partial charge in [0.15, 0.2) is 23.0 Å². The molecule has 5 rings (SSSR count). The first-order valence-corrected chi connectivity index (χ1v) is 11.3. The third-order valence-corrected chi connectivity index (χ3v) is 6.15. The molecule has 0 spiro atoms. The minimum atomic E-state index is -0.877. The fourth-order valence-electron chi connectivity index (χ4n) is 4.45. The molecule has 2 aliphatic rings. The molecule has 1 amide bonds. The molecule has 0 unspecified atom stereocenters. The van der Waals surface area contributed by atoms with E-state index < -0.39 is 17.7 Å². The minimum Gasteiger partial charge on any atom is -0.507 e. The summed E-state index contributed by atoms with van der Waals surface area (Å²) in [6.45, 7) is 0.921. The smallest absolute Gasteiger partial charge is 0.295 e. The molecule has 9 heteroatoms. The number of likely N-dealkylation sites (tertiary alicyclic amines) is 1. The second kappa shape index (κ2) is 9.61. The number of Topliss-reactive ketones (excluding diaryl/α,β-unsaturated/α-hetero) is 1. The van der Waals surface area contributed by atoms with Crippen LogP contribution in [0.4, 0.5) is 0 Å². The Morgan fingerprint density at radius 2 is 1.81 bits per heavy atom. The Morgan fingerprint density at radius 3 is 2.53 bits per heavy atom. The van der Waals surface area contributed by atoms with Crippen LogP contribution in [-0.4, -0.2) is 54.1 Å². The van der Waals surface area contributed by atoms with Gasteiger partial charge in [0.05, 0.1) is 25.8 Å². The number of benzene rings is 2. The van der Waals surface area contributed by atoms with Gasteiger partial charge in [0, 0.05) is 24.5 Å². The summed E-state index contributed by atoms with van der Waals surface area (Å²) >= 11 is 0. The first kappa shape index (κ1) is 23.2. The molecular formula is C27H24N2O7. The highest BCUT2D eigenvalue weighted by Gasteiger charge is 2.46. The van der Waals surface area contributed by atoms with E-state index in [2.05, 4.69) is 4.98 Å². The van der Waals surface area contributed by atoms with E-state index >= 15 is 0 Å². The van der Waals surface area contributed by atoms with Crippen molar-refractivity contribution in [3.63, 3.8) is 0 Å². The van der Waals surface area contributed by atoms with E-state index in [0.29, 0.717) is 47.3 Å². The Labute approximate surface area is 207 Å². The maximum Gasteiger partial charge on any atom is 0.295 e. The number of rotatable bonds is 6. The van der Waals surface area contributed by atoms with Gasteiger partial charge in [-0.15, -0.1) is 0 Å². The van der Waals surface area contributed by atoms with Crippen LogP contribution in [0.3, 0.4) is 0 Å². The topological polar surface area (TPSA) is 107 Å². The van der Waals surface area contributed by atoms with Crippen molar-refractivity contribution in [2.45, 2.75) is 12.6 Å². The van der Waals surface area contributed by atoms with Gasteiger partial charge in [-0.05, 0) is 47.5 Å². The number of fused-ring (bicyclic) bond motifs is 1. The van der Waals surface area contributed by atoms with Crippen molar-refractivity contribution in [2.24, 2.45) is 0 Å². The van der Waals surface area contributed by atoms with Crippen molar-refractivity contribution in [3.8, 4) is 23.0 Å². The average Bonchev–Trinajstić information content (AvgIpc) is 3.17. The number of ketones is 1. The van der Waals surface area contributed by atoms with Crippen LogP contribution in [0.5, 0.6) is 23.0 Å². The number of carbonyl (C=O) groups is 2. The number of hydrogen-bond donors (Lipinski definition) is 1. The Bertz CT molecular complexity index is 1350. The van der Waals surface area contributed by atoms with Crippen LogP contribution in [0.25, 0.3) is 5.76 Å². The van der Waals surface area contributed by atoms with Crippen LogP contribution < -0.4 is 18.9 Å². The highest BCUT2D eigenvalue weighted by atomic mass is 16.6. The Kier molecular flexibility index (Phi) is 6.20. The summed E-state index contributed by atoms with van der Waals surface area (Å²) in [6, 6.07) is 12.7. The predicted molar refractivity (Wildman–Crippen MR) is 129 cm³/mol. The lowest BCUT2D eigenvalue weighted by atomic mass is 9.94. The molecule has 9 nitrogen and oxygen atoms in total. The van der Waals surface area contributed by atoms with Crippen LogP contribution in [-0.2, 0) is 16.1 Å². The van der Waals surface area contributed by atoms with Crippen molar-refractivity contribution in [1.29, 1.82) is 0 Å². The van der Waals surface area contributed by atoms with E-state index in [-0.39, 0.29) is 17.9 Å². The number of carbonyl (C=O) groups excluding carboxylic acids is 2. The molecule has 1 saturated heterocycles. The molecule has 3 aromatic rings. The number of nitrogens with zero attached hydrogens (tertiary/aromatic N) is 2. The van der Waals surface area contributed by atoms with Crippen LogP contribution in [0.1, 0.15) is 22.7 Å². The number of pyridine rings is 1. The summed E-state index contributed by atoms with van der Waals surface area (Å²) < 4.78 is 22.0. The number of aromatic nitrogens is 1. The van der Waals surface area contributed by atoms with E-state index in [1.165, 1.54) is 19.1 Å². The van der Waals surface area contributed by atoms with Crippen molar-refractivity contribution < 1.29 is 33.6 Å². The van der Waals surface area contributed by atoms with Crippen molar-refractivity contribution >= 4 is 17.4 Å². The van der Waals surface area contributed by atoms with Crippen LogP contribution in [0, 0.1) is 0 Å². The Balaban J connectivity index is 1.65. The molecule has 1 atom stereocenters. The molecule has 1 fully saturated rings. The lowest BCUT2D eigenvalue weighted by molar-refractivity contribution is -0.140. The fraction of sp³-hybridized carbons (Fsp3) is 0.222. The summed E-state index contributed by atoms with van der Waals surface area (Å²) in [6.07, 6.45) is 3.26. The second-order valence-corrected chi connectivity index (χ2v) is 8.26. The fourth-order valence-corrected chi connectivity index (χ4v) is 4.45. The van der Waals surface area contributed by atoms with Gasteiger partial charge in [-0.2, -0.15) is 0 Å². The number of hydrogen-bond acceptors (Lipinski definition) is 8. The zero-order valence-electron chi connectivity index (χ0n) is 19.8. The van der Waals surface area contributed by atoms with Crippen LogP contribution >= 0.6 is 0 Å². The summed E-state index contributed by atoms with van der Waals surface area (Å²) in [5, 5.41) is 11.4. The molecule has 1 N–H and O–H groups in total. The highest BCUT2D eigenvalue weighted by molar-refractivity contribution is 6.46. The Morgan fingerprint density at radius 1 is 1.03 bits per heavy atom. The predicted octanol–water partition coefficient (Wildman–Crippen LogP) is 3.49. The average molecular weight is 488 g/mol. The van der Waals surface area contributed by atoms with Gasteiger partial charge in [0.2, 0.25) is 0 Å². The summed E-state index contributed by atoms with van der Waals surface area (Å²) in [5.41, 5.74) is 1.62. The number of ether oxygens (including phenoxy) is 4. The van der Waals surface area contributed by atoms with Crippen molar-refractivity contribution in [2.75, 3.05) is 27.4 Å². The van der Waals surface area contributed by atoms with E-state index in [0.717, 1.165) is 5.56 Å². The lowest BCUT2D eigenvalue weighted by Gasteiger charge is -2.26. The van der Waals surface area contributed by atoms with Gasteiger partial charge in [0.1, 0.15) is 19.0 Å². The van der Waals surface area contributed by atoms with Crippen molar-refractivity contribution in [1.82, 2.24) is 9.88 Å². The molecule has 2 aliphatic heterocycles. The van der Waals surface area contributed by atoms with E-state index in [1.807, 2.05) is 6.07 Å². The molecule has 0 saturated carbocycles. The van der Waals surface area contributed by atoms with E-state index in [9.17, 15) is 14.7 Å². The zero-order chi connectivity index (χ0) is 25.2. The van der Waals surface area contributed by atoms with Crippen LogP contribution in [0.15, 0.2) is 66.5 Å². The van der Waals surface area contributed by atoms with Crippen molar-refractivity contribution in [3.05, 3.63) is 83.2 Å². The van der Waals surface area contributed by atoms with Crippen LogP contribution in [0.2, 0.25) is 0 Å². The molecular weight excluding hydrogens is 464 g/mol. The maximum absolute atomic E-state index is 13.3. The quantitative estimate of drug-likeness (QED) is 0.319. The Hall–Kier alpha value is -4.53. The number of aliphatic hydroxyl groups excluding tert-OH is 1. The molecule has 0 bridgehead atoms. The van der Waals surface area contributed by atoms with E-state index in [1.54, 1.807) is 54.9 Å². The number of amides is 1. The first-order chi connectivity index (χ1) is 17.5. The maximum atomic E-state index is 13.3. The normalized spacial score (nSPS) is 18.3. The monoisotopic (exact) mass is 488 g/mol. The molecule has 184 valence electrons. The highest BCUT2D eigenvalue weighted by Crippen LogP contribution is 2.43. The van der Waals surface area contributed by atoms with Gasteiger partial charge in [-0.1, -0.05) is 12.1 Å². The third kappa shape index (κ3) is 4.08. The molecule has 0 aliphatic carbocycles. The number of aliphatic hydroxyl groups is 1. The standard InChI is InChI=1S/C27H24N2O7/c1-33-19-7-5-17(12-21(19)34-2)24-23(25(30)18-6-8-20-22(13-18)36-11-10-35-20)26(31)27(32)29(24)15-16-4-3-9-28-14-16/h3-9,12-14,24,30H,10-11,15H2,1-2H3/t24-/m1/s1. The molecule has 36 heavy (non-hydrogen) atoms. The second-order valence-electron chi connectivity index (χ2n) is 8.26. The molecule has 2 aromatic carbocycles. The largest absolute Gasteiger partial charge is 0.507 e. The van der Waals surface area contributed by atoms with Gasteiger partial charge in [-0.3, -0.25) is 14.6 Å². The molecule has 3 heterocycles. The van der Waals surface area contributed by atoms with Gasteiger partial charge in [-0.25, -0.2) is 0 Å². The number of methoxy groups -OCH3 is 2. The molecule has 1 aromatic heterocycles. The third-order valence-electron chi connectivity index (χ3n) is 6.15. The molecule has 0 radical (unpaired) electrons.